The Labute approximate surface area is 278 Å². The number of esters is 2. The molecule has 0 aliphatic carbocycles. The summed E-state index contributed by atoms with van der Waals surface area (Å²) in [5.74, 6) is -0.332. The molecule has 0 N–H and O–H groups in total. The van der Waals surface area contributed by atoms with Crippen molar-refractivity contribution in [1.29, 1.82) is 0 Å². The lowest BCUT2D eigenvalue weighted by molar-refractivity contribution is -0.157. The summed E-state index contributed by atoms with van der Waals surface area (Å²) in [7, 11) is 0. The van der Waals surface area contributed by atoms with Gasteiger partial charge < -0.3 is 9.47 Å². The van der Waals surface area contributed by atoms with E-state index in [4.69, 9.17) is 21.1 Å². The van der Waals surface area contributed by atoms with Gasteiger partial charge in [0, 0.05) is 12.8 Å². The SMILES string of the molecule is CCCCC/C=C\C/C=C\CCCCCCCC(=O)OCC(CCl)OC(=O)CCCCCCCCCCCCCCCCC. The first kappa shape index (κ1) is 42.7. The Morgan fingerprint density at radius 2 is 0.909 bits per heavy atom. The minimum absolute atomic E-state index is 0.0488. The topological polar surface area (TPSA) is 52.6 Å². The molecule has 0 aliphatic rings. The van der Waals surface area contributed by atoms with Crippen LogP contribution in [0.4, 0.5) is 0 Å². The van der Waals surface area contributed by atoms with Crippen LogP contribution >= 0.6 is 11.6 Å². The van der Waals surface area contributed by atoms with E-state index in [0.717, 1.165) is 44.9 Å². The number of unbranched alkanes of at least 4 members (excludes halogenated alkanes) is 22. The molecule has 0 aromatic carbocycles. The predicted molar refractivity (Wildman–Crippen MR) is 190 cm³/mol. The predicted octanol–water partition coefficient (Wildman–Crippen LogP) is 12.8. The summed E-state index contributed by atoms with van der Waals surface area (Å²) in [5.41, 5.74) is 0. The van der Waals surface area contributed by atoms with Crippen molar-refractivity contribution in [2.45, 2.75) is 200 Å². The van der Waals surface area contributed by atoms with E-state index in [1.54, 1.807) is 0 Å². The lowest BCUT2D eigenvalue weighted by Crippen LogP contribution is -2.26. The van der Waals surface area contributed by atoms with Crippen molar-refractivity contribution in [3.63, 3.8) is 0 Å². The van der Waals surface area contributed by atoms with E-state index in [2.05, 4.69) is 38.2 Å². The Kier molecular flexibility index (Phi) is 35.1. The van der Waals surface area contributed by atoms with E-state index in [9.17, 15) is 9.59 Å². The molecule has 0 aliphatic heterocycles. The van der Waals surface area contributed by atoms with Crippen LogP contribution in [0.25, 0.3) is 0 Å². The van der Waals surface area contributed by atoms with Crippen molar-refractivity contribution in [1.82, 2.24) is 0 Å². The first-order valence-electron chi connectivity index (χ1n) is 18.8. The van der Waals surface area contributed by atoms with Gasteiger partial charge in [-0.3, -0.25) is 9.59 Å². The molecule has 0 amide bonds. The summed E-state index contributed by atoms with van der Waals surface area (Å²) in [4.78, 5) is 24.3. The maximum absolute atomic E-state index is 12.2. The van der Waals surface area contributed by atoms with Gasteiger partial charge in [0.2, 0.25) is 0 Å². The lowest BCUT2D eigenvalue weighted by atomic mass is 10.0. The Morgan fingerprint density at radius 3 is 1.39 bits per heavy atom. The van der Waals surface area contributed by atoms with Crippen molar-refractivity contribution in [2.24, 2.45) is 0 Å². The third-order valence-electron chi connectivity index (χ3n) is 8.22. The van der Waals surface area contributed by atoms with Crippen LogP contribution in [0.1, 0.15) is 194 Å². The van der Waals surface area contributed by atoms with Gasteiger partial charge in [0.25, 0.3) is 0 Å². The number of halogens is 1. The molecule has 258 valence electrons. The molecule has 5 heteroatoms. The number of hydrogen-bond acceptors (Lipinski definition) is 4. The second kappa shape index (κ2) is 36.2. The molecular formula is C39H71ClO4. The second-order valence-electron chi connectivity index (χ2n) is 12.6. The van der Waals surface area contributed by atoms with Gasteiger partial charge in [-0.25, -0.2) is 0 Å². The molecule has 0 fully saturated rings. The number of ether oxygens (including phenoxy) is 2. The van der Waals surface area contributed by atoms with Gasteiger partial charge in [0.15, 0.2) is 0 Å². The van der Waals surface area contributed by atoms with Crippen LogP contribution in [0.2, 0.25) is 0 Å². The quantitative estimate of drug-likeness (QED) is 0.0304. The zero-order valence-electron chi connectivity index (χ0n) is 29.1. The third kappa shape index (κ3) is 33.6. The zero-order chi connectivity index (χ0) is 32.2. The van der Waals surface area contributed by atoms with Gasteiger partial charge in [0.05, 0.1) is 5.88 Å². The number of rotatable bonds is 34. The van der Waals surface area contributed by atoms with Gasteiger partial charge >= 0.3 is 11.9 Å². The molecule has 0 aromatic rings. The maximum Gasteiger partial charge on any atom is 0.306 e. The van der Waals surface area contributed by atoms with Crippen LogP contribution in [0.3, 0.4) is 0 Å². The summed E-state index contributed by atoms with van der Waals surface area (Å²) in [6, 6.07) is 0. The van der Waals surface area contributed by atoms with E-state index in [-0.39, 0.29) is 24.4 Å². The van der Waals surface area contributed by atoms with E-state index < -0.39 is 6.10 Å². The molecule has 0 saturated heterocycles. The molecule has 0 heterocycles. The summed E-state index contributed by atoms with van der Waals surface area (Å²) >= 11 is 5.96. The average Bonchev–Trinajstić information content (AvgIpc) is 3.02. The fraction of sp³-hybridized carbons (Fsp3) is 0.846. The highest BCUT2D eigenvalue weighted by Crippen LogP contribution is 2.14. The molecule has 0 bridgehead atoms. The largest absolute Gasteiger partial charge is 0.462 e. The molecular weight excluding hydrogens is 568 g/mol. The monoisotopic (exact) mass is 639 g/mol. The first-order chi connectivity index (χ1) is 21.6. The highest BCUT2D eigenvalue weighted by molar-refractivity contribution is 6.18. The Bertz CT molecular complexity index is 675. The molecule has 1 atom stereocenters. The van der Waals surface area contributed by atoms with Crippen LogP contribution in [0, 0.1) is 0 Å². The number of hydrogen-bond donors (Lipinski definition) is 0. The first-order valence-corrected chi connectivity index (χ1v) is 19.4. The fourth-order valence-corrected chi connectivity index (χ4v) is 5.49. The molecule has 44 heavy (non-hydrogen) atoms. The molecule has 0 rings (SSSR count). The minimum atomic E-state index is -0.561. The van der Waals surface area contributed by atoms with Gasteiger partial charge in [-0.2, -0.15) is 0 Å². The number of carbonyl (C=O) groups is 2. The Morgan fingerprint density at radius 1 is 0.523 bits per heavy atom. The van der Waals surface area contributed by atoms with Crippen molar-refractivity contribution in [2.75, 3.05) is 12.5 Å². The van der Waals surface area contributed by atoms with Crippen molar-refractivity contribution < 1.29 is 19.1 Å². The molecule has 0 saturated carbocycles. The van der Waals surface area contributed by atoms with E-state index in [0.29, 0.717) is 12.8 Å². The molecule has 0 spiro atoms. The molecule has 4 nitrogen and oxygen atoms in total. The van der Waals surface area contributed by atoms with Crippen molar-refractivity contribution in [3.05, 3.63) is 24.3 Å². The van der Waals surface area contributed by atoms with Gasteiger partial charge in [-0.1, -0.05) is 160 Å². The van der Waals surface area contributed by atoms with Crippen LogP contribution in [0.5, 0.6) is 0 Å². The minimum Gasteiger partial charge on any atom is -0.462 e. The standard InChI is InChI=1S/C39H71ClO4/c1-3-5-7-9-11-13-15-17-19-21-23-25-27-29-31-33-38(41)43-36-37(35-40)44-39(42)34-32-30-28-26-24-22-20-18-16-14-12-10-8-6-4-2/h11,13,17,19,37H,3-10,12,14-16,18,20-36H2,1-2H3/b13-11-,19-17-. The number of carbonyl (C=O) groups excluding carboxylic acids is 2. The fourth-order valence-electron chi connectivity index (χ4n) is 5.33. The molecule has 0 aromatic heterocycles. The summed E-state index contributed by atoms with van der Waals surface area (Å²) in [6.07, 6.45) is 41.5. The van der Waals surface area contributed by atoms with Crippen LogP contribution in [0.15, 0.2) is 24.3 Å². The van der Waals surface area contributed by atoms with Crippen molar-refractivity contribution in [3.8, 4) is 0 Å². The van der Waals surface area contributed by atoms with E-state index in [1.165, 1.54) is 122 Å². The molecule has 0 radical (unpaired) electrons. The normalized spacial score (nSPS) is 12.3. The number of allylic oxidation sites excluding steroid dienone is 4. The van der Waals surface area contributed by atoms with Gasteiger partial charge in [0.1, 0.15) is 12.7 Å². The van der Waals surface area contributed by atoms with Crippen LogP contribution in [-0.4, -0.2) is 30.5 Å². The second-order valence-corrected chi connectivity index (χ2v) is 12.9. The Balaban J connectivity index is 3.56. The van der Waals surface area contributed by atoms with E-state index >= 15 is 0 Å². The highest BCUT2D eigenvalue weighted by atomic mass is 35.5. The van der Waals surface area contributed by atoms with Crippen LogP contribution in [-0.2, 0) is 19.1 Å². The van der Waals surface area contributed by atoms with E-state index in [1.807, 2.05) is 0 Å². The Hall–Kier alpha value is -1.29. The highest BCUT2D eigenvalue weighted by Gasteiger charge is 2.16. The van der Waals surface area contributed by atoms with Gasteiger partial charge in [-0.05, 0) is 44.9 Å². The molecule has 1 unspecified atom stereocenters. The summed E-state index contributed by atoms with van der Waals surface area (Å²) in [6.45, 7) is 4.56. The zero-order valence-corrected chi connectivity index (χ0v) is 29.9. The summed E-state index contributed by atoms with van der Waals surface area (Å²) in [5, 5.41) is 0. The van der Waals surface area contributed by atoms with Crippen LogP contribution < -0.4 is 0 Å². The van der Waals surface area contributed by atoms with Crippen molar-refractivity contribution >= 4 is 23.5 Å². The average molecular weight is 639 g/mol. The third-order valence-corrected chi connectivity index (χ3v) is 8.56. The smallest absolute Gasteiger partial charge is 0.306 e. The maximum atomic E-state index is 12.2. The lowest BCUT2D eigenvalue weighted by Gasteiger charge is -2.15. The number of alkyl halides is 1. The van der Waals surface area contributed by atoms with Gasteiger partial charge in [-0.15, -0.1) is 11.6 Å². The summed E-state index contributed by atoms with van der Waals surface area (Å²) < 4.78 is 10.8.